The number of hydrogen-bond donors (Lipinski definition) is 1. The quantitative estimate of drug-likeness (QED) is 0.832. The number of rotatable bonds is 5. The molecular formula is C13H18N2O3S. The standard InChI is InChI=1S/C13H18N2O3S/c1-2-9-15(11-5-3-4-6-11)19(17,18)12-7-8-13(16)14-10-12/h2,7-8,10-11H,1,3-6,9H2,(H,14,16). The number of aromatic amines is 1. The molecule has 5 nitrogen and oxygen atoms in total. The van der Waals surface area contributed by atoms with E-state index in [0.29, 0.717) is 6.54 Å². The molecule has 0 radical (unpaired) electrons. The zero-order chi connectivity index (χ0) is 13.9. The zero-order valence-corrected chi connectivity index (χ0v) is 11.5. The summed E-state index contributed by atoms with van der Waals surface area (Å²) >= 11 is 0. The molecule has 2 rings (SSSR count). The summed E-state index contributed by atoms with van der Waals surface area (Å²) in [5, 5.41) is 0. The van der Waals surface area contributed by atoms with Crippen LogP contribution in [0.25, 0.3) is 0 Å². The van der Waals surface area contributed by atoms with Crippen LogP contribution >= 0.6 is 0 Å². The first kappa shape index (κ1) is 14.0. The van der Waals surface area contributed by atoms with Gasteiger partial charge in [0.2, 0.25) is 15.6 Å². The van der Waals surface area contributed by atoms with E-state index in [1.165, 1.54) is 22.6 Å². The average Bonchev–Trinajstić information content (AvgIpc) is 2.89. The molecule has 1 N–H and O–H groups in total. The first-order valence-corrected chi connectivity index (χ1v) is 7.81. The Kier molecular flexibility index (Phi) is 4.21. The molecule has 19 heavy (non-hydrogen) atoms. The summed E-state index contributed by atoms with van der Waals surface area (Å²) in [6.45, 7) is 3.93. The highest BCUT2D eigenvalue weighted by atomic mass is 32.2. The van der Waals surface area contributed by atoms with E-state index < -0.39 is 10.0 Å². The maximum Gasteiger partial charge on any atom is 0.247 e. The fraction of sp³-hybridized carbons (Fsp3) is 0.462. The maximum absolute atomic E-state index is 12.6. The minimum absolute atomic E-state index is 0.0370. The van der Waals surface area contributed by atoms with Gasteiger partial charge in [0, 0.05) is 24.8 Å². The average molecular weight is 282 g/mol. The molecule has 1 saturated carbocycles. The van der Waals surface area contributed by atoms with Crippen molar-refractivity contribution in [1.29, 1.82) is 0 Å². The second-order valence-electron chi connectivity index (χ2n) is 4.69. The van der Waals surface area contributed by atoms with Crippen LogP contribution < -0.4 is 5.56 Å². The highest BCUT2D eigenvalue weighted by Crippen LogP contribution is 2.28. The summed E-state index contributed by atoms with van der Waals surface area (Å²) in [4.78, 5) is 13.6. The predicted octanol–water partition coefficient (Wildman–Crippen LogP) is 1.49. The molecule has 0 bridgehead atoms. The number of nitrogens with zero attached hydrogens (tertiary/aromatic N) is 1. The lowest BCUT2D eigenvalue weighted by Gasteiger charge is -2.26. The second kappa shape index (κ2) is 5.71. The topological polar surface area (TPSA) is 70.2 Å². The number of aromatic nitrogens is 1. The third-order valence-corrected chi connectivity index (χ3v) is 5.32. The summed E-state index contributed by atoms with van der Waals surface area (Å²) in [6, 6.07) is 2.61. The van der Waals surface area contributed by atoms with Gasteiger partial charge in [-0.05, 0) is 18.9 Å². The van der Waals surface area contributed by atoms with Gasteiger partial charge in [0.1, 0.15) is 0 Å². The number of sulfonamides is 1. The third kappa shape index (κ3) is 2.96. The highest BCUT2D eigenvalue weighted by Gasteiger charge is 2.32. The maximum atomic E-state index is 12.6. The zero-order valence-electron chi connectivity index (χ0n) is 10.7. The van der Waals surface area contributed by atoms with Crippen molar-refractivity contribution >= 4 is 10.0 Å². The molecule has 1 aromatic rings. The van der Waals surface area contributed by atoms with Crippen molar-refractivity contribution in [1.82, 2.24) is 9.29 Å². The summed E-state index contributed by atoms with van der Waals surface area (Å²) in [7, 11) is -3.57. The van der Waals surface area contributed by atoms with E-state index in [1.54, 1.807) is 6.08 Å². The van der Waals surface area contributed by atoms with Crippen molar-refractivity contribution in [3.8, 4) is 0 Å². The number of pyridine rings is 1. The normalized spacial score (nSPS) is 16.9. The minimum atomic E-state index is -3.57. The molecule has 0 aliphatic heterocycles. The monoisotopic (exact) mass is 282 g/mol. The van der Waals surface area contributed by atoms with Gasteiger partial charge < -0.3 is 4.98 Å². The molecule has 1 fully saturated rings. The largest absolute Gasteiger partial charge is 0.328 e. The van der Waals surface area contributed by atoms with Crippen LogP contribution in [0.4, 0.5) is 0 Å². The Morgan fingerprint density at radius 3 is 2.58 bits per heavy atom. The van der Waals surface area contributed by atoms with Crippen LogP contribution in [0.5, 0.6) is 0 Å². The van der Waals surface area contributed by atoms with Crippen molar-refractivity contribution in [2.45, 2.75) is 36.6 Å². The summed E-state index contributed by atoms with van der Waals surface area (Å²) in [6.07, 6.45) is 6.73. The van der Waals surface area contributed by atoms with Crippen LogP contribution in [0.2, 0.25) is 0 Å². The van der Waals surface area contributed by atoms with E-state index >= 15 is 0 Å². The molecular weight excluding hydrogens is 264 g/mol. The molecule has 0 aromatic carbocycles. The molecule has 0 unspecified atom stereocenters. The van der Waals surface area contributed by atoms with Crippen LogP contribution in [-0.2, 0) is 10.0 Å². The summed E-state index contributed by atoms with van der Waals surface area (Å²) < 4.78 is 26.6. The Hall–Kier alpha value is -1.40. The first-order valence-electron chi connectivity index (χ1n) is 6.37. The van der Waals surface area contributed by atoms with Gasteiger partial charge in [-0.1, -0.05) is 18.9 Å². The molecule has 1 aliphatic rings. The Labute approximate surface area is 113 Å². The van der Waals surface area contributed by atoms with Crippen LogP contribution in [-0.4, -0.2) is 30.3 Å². The van der Waals surface area contributed by atoms with Gasteiger partial charge in [-0.15, -0.1) is 6.58 Å². The molecule has 6 heteroatoms. The van der Waals surface area contributed by atoms with Crippen LogP contribution in [0.1, 0.15) is 25.7 Å². The molecule has 0 amide bonds. The lowest BCUT2D eigenvalue weighted by molar-refractivity contribution is 0.347. The van der Waals surface area contributed by atoms with E-state index in [1.807, 2.05) is 0 Å². The van der Waals surface area contributed by atoms with E-state index in [-0.39, 0.29) is 16.5 Å². The van der Waals surface area contributed by atoms with Crippen LogP contribution in [0.15, 0.2) is 40.7 Å². The van der Waals surface area contributed by atoms with Gasteiger partial charge in [-0.3, -0.25) is 4.79 Å². The minimum Gasteiger partial charge on any atom is -0.328 e. The molecule has 0 saturated heterocycles. The van der Waals surface area contributed by atoms with Crippen LogP contribution in [0.3, 0.4) is 0 Å². The fourth-order valence-corrected chi connectivity index (χ4v) is 4.08. The first-order chi connectivity index (χ1) is 9.05. The van der Waals surface area contributed by atoms with Gasteiger partial charge in [0.25, 0.3) is 0 Å². The van der Waals surface area contributed by atoms with Crippen molar-refractivity contribution in [2.75, 3.05) is 6.54 Å². The van der Waals surface area contributed by atoms with Gasteiger partial charge in [-0.2, -0.15) is 4.31 Å². The van der Waals surface area contributed by atoms with Gasteiger partial charge in [-0.25, -0.2) is 8.42 Å². The Bertz CT molecular complexity index is 580. The molecule has 0 atom stereocenters. The van der Waals surface area contributed by atoms with Crippen molar-refractivity contribution < 1.29 is 8.42 Å². The Balaban J connectivity index is 2.35. The second-order valence-corrected chi connectivity index (χ2v) is 6.58. The third-order valence-electron chi connectivity index (χ3n) is 3.40. The number of H-pyrrole nitrogens is 1. The van der Waals surface area contributed by atoms with E-state index in [2.05, 4.69) is 11.6 Å². The van der Waals surface area contributed by atoms with Crippen molar-refractivity contribution in [3.05, 3.63) is 41.3 Å². The molecule has 0 spiro atoms. The summed E-state index contributed by atoms with van der Waals surface area (Å²) in [5.41, 5.74) is -0.310. The van der Waals surface area contributed by atoms with E-state index in [0.717, 1.165) is 25.7 Å². The fourth-order valence-electron chi connectivity index (χ4n) is 2.46. The van der Waals surface area contributed by atoms with E-state index in [4.69, 9.17) is 0 Å². The van der Waals surface area contributed by atoms with Crippen LogP contribution in [0, 0.1) is 0 Å². The molecule has 1 aromatic heterocycles. The molecule has 1 aliphatic carbocycles. The van der Waals surface area contributed by atoms with Gasteiger partial charge >= 0.3 is 0 Å². The molecule has 1 heterocycles. The highest BCUT2D eigenvalue weighted by molar-refractivity contribution is 7.89. The lowest BCUT2D eigenvalue weighted by atomic mass is 10.2. The number of hydrogen-bond acceptors (Lipinski definition) is 3. The Morgan fingerprint density at radius 1 is 1.37 bits per heavy atom. The SMILES string of the molecule is C=CCN(C1CCCC1)S(=O)(=O)c1ccc(=O)[nH]c1. The number of nitrogens with one attached hydrogen (secondary N) is 1. The predicted molar refractivity (Wildman–Crippen MR) is 73.4 cm³/mol. The van der Waals surface area contributed by atoms with E-state index in [9.17, 15) is 13.2 Å². The van der Waals surface area contributed by atoms with Gasteiger partial charge in [0.15, 0.2) is 0 Å². The summed E-state index contributed by atoms with van der Waals surface area (Å²) in [5.74, 6) is 0. The van der Waals surface area contributed by atoms with Crippen molar-refractivity contribution in [3.63, 3.8) is 0 Å². The molecule has 104 valence electrons. The smallest absolute Gasteiger partial charge is 0.247 e. The van der Waals surface area contributed by atoms with Crippen molar-refractivity contribution in [2.24, 2.45) is 0 Å². The Morgan fingerprint density at radius 2 is 2.05 bits per heavy atom. The van der Waals surface area contributed by atoms with Gasteiger partial charge in [0.05, 0.1) is 4.90 Å². The lowest BCUT2D eigenvalue weighted by Crippen LogP contribution is -2.39.